The summed E-state index contributed by atoms with van der Waals surface area (Å²) in [5, 5.41) is 0. The Morgan fingerprint density at radius 3 is 2.40 bits per heavy atom. The second kappa shape index (κ2) is 10.5. The van der Waals surface area contributed by atoms with E-state index in [1.54, 1.807) is 0 Å². The summed E-state index contributed by atoms with van der Waals surface area (Å²) in [5.74, 6) is 3.97. The molecule has 0 saturated heterocycles. The highest BCUT2D eigenvalue weighted by Gasteiger charge is 2.18. The predicted octanol–water partition coefficient (Wildman–Crippen LogP) is 4.60. The summed E-state index contributed by atoms with van der Waals surface area (Å²) in [6, 6.07) is 4.15. The Bertz CT molecular complexity index is 404. The zero-order valence-corrected chi connectivity index (χ0v) is 13.2. The van der Waals surface area contributed by atoms with Crippen molar-refractivity contribution in [3.05, 3.63) is 61.6 Å². The van der Waals surface area contributed by atoms with E-state index in [4.69, 9.17) is 4.42 Å². The van der Waals surface area contributed by atoms with Crippen LogP contribution in [0.3, 0.4) is 0 Å². The van der Waals surface area contributed by atoms with Gasteiger partial charge in [-0.1, -0.05) is 25.2 Å². The normalized spacial score (nSPS) is 11.7. The Labute approximate surface area is 127 Å². The van der Waals surface area contributed by atoms with Crippen molar-refractivity contribution < 1.29 is 4.42 Å². The number of furan rings is 1. The van der Waals surface area contributed by atoms with Crippen molar-refractivity contribution in [2.24, 2.45) is 0 Å². The van der Waals surface area contributed by atoms with Crippen LogP contribution in [0.15, 0.2) is 54.5 Å². The first-order valence-corrected chi connectivity index (χ1v) is 7.67. The van der Waals surface area contributed by atoms with Crippen LogP contribution in [0.5, 0.6) is 0 Å². The van der Waals surface area contributed by atoms with E-state index >= 15 is 0 Å². The summed E-state index contributed by atoms with van der Waals surface area (Å²) in [7, 11) is 0. The van der Waals surface area contributed by atoms with E-state index in [-0.39, 0.29) is 12.2 Å². The van der Waals surface area contributed by atoms with Crippen LogP contribution in [0.2, 0.25) is 0 Å². The van der Waals surface area contributed by atoms with Crippen LogP contribution in [0, 0.1) is 0 Å². The fourth-order valence-electron chi connectivity index (χ4n) is 1.91. The standard InChI is InChI=1S/C16H23NOS.H3N/c1-5-11-17(12-6-2)15(7-3)16-10-9-14(18-16)13-19-8-4;/h5-7,9-10,15H,1-3,8,11-13H2,4H3;1H3. The van der Waals surface area contributed by atoms with E-state index in [1.165, 1.54) is 0 Å². The number of rotatable bonds is 10. The van der Waals surface area contributed by atoms with Crippen LogP contribution >= 0.6 is 11.8 Å². The van der Waals surface area contributed by atoms with Crippen molar-refractivity contribution in [1.29, 1.82) is 0 Å². The van der Waals surface area contributed by atoms with Gasteiger partial charge in [0, 0.05) is 13.1 Å². The minimum atomic E-state index is 0. The molecule has 20 heavy (non-hydrogen) atoms. The van der Waals surface area contributed by atoms with Gasteiger partial charge in [0.2, 0.25) is 0 Å². The Morgan fingerprint density at radius 1 is 1.25 bits per heavy atom. The Morgan fingerprint density at radius 2 is 1.90 bits per heavy atom. The summed E-state index contributed by atoms with van der Waals surface area (Å²) >= 11 is 1.86. The van der Waals surface area contributed by atoms with E-state index < -0.39 is 0 Å². The van der Waals surface area contributed by atoms with Crippen LogP contribution in [0.25, 0.3) is 0 Å². The molecule has 112 valence electrons. The second-order valence-electron chi connectivity index (χ2n) is 4.15. The highest BCUT2D eigenvalue weighted by atomic mass is 32.2. The molecule has 1 aromatic rings. The maximum Gasteiger partial charge on any atom is 0.125 e. The van der Waals surface area contributed by atoms with Gasteiger partial charge in [-0.15, -0.1) is 19.7 Å². The minimum Gasteiger partial charge on any atom is -0.463 e. The van der Waals surface area contributed by atoms with Gasteiger partial charge < -0.3 is 10.6 Å². The molecule has 1 rings (SSSR count). The lowest BCUT2D eigenvalue weighted by molar-refractivity contribution is 0.251. The molecule has 0 aromatic carbocycles. The van der Waals surface area contributed by atoms with E-state index in [0.29, 0.717) is 0 Å². The highest BCUT2D eigenvalue weighted by Crippen LogP contribution is 2.25. The number of hydrogen-bond acceptors (Lipinski definition) is 4. The minimum absolute atomic E-state index is 0. The molecule has 3 nitrogen and oxygen atoms in total. The van der Waals surface area contributed by atoms with Crippen LogP contribution in [-0.4, -0.2) is 23.7 Å². The van der Waals surface area contributed by atoms with E-state index in [9.17, 15) is 0 Å². The SMILES string of the molecule is C=CCN(CC=C)C(C=C)c1ccc(CSCC)o1.N. The monoisotopic (exact) mass is 294 g/mol. The lowest BCUT2D eigenvalue weighted by Gasteiger charge is -2.25. The molecule has 0 spiro atoms. The summed E-state index contributed by atoms with van der Waals surface area (Å²) in [6.07, 6.45) is 5.68. The molecule has 1 unspecified atom stereocenters. The van der Waals surface area contributed by atoms with Crippen LogP contribution in [0.4, 0.5) is 0 Å². The van der Waals surface area contributed by atoms with Gasteiger partial charge in [0.1, 0.15) is 11.5 Å². The third kappa shape index (κ3) is 5.41. The number of nitrogens with zero attached hydrogens (tertiary/aromatic N) is 1. The number of hydrogen-bond donors (Lipinski definition) is 1. The second-order valence-corrected chi connectivity index (χ2v) is 5.43. The molecule has 0 bridgehead atoms. The van der Waals surface area contributed by atoms with Crippen molar-refractivity contribution >= 4 is 11.8 Å². The quantitative estimate of drug-likeness (QED) is 0.641. The van der Waals surface area contributed by atoms with E-state index in [0.717, 1.165) is 36.1 Å². The Hall–Kier alpha value is -1.23. The first-order valence-electron chi connectivity index (χ1n) is 6.51. The molecule has 0 saturated carbocycles. The highest BCUT2D eigenvalue weighted by molar-refractivity contribution is 7.98. The van der Waals surface area contributed by atoms with E-state index in [2.05, 4.69) is 37.6 Å². The summed E-state index contributed by atoms with van der Waals surface area (Å²) < 4.78 is 5.91. The van der Waals surface area contributed by atoms with Crippen molar-refractivity contribution in [3.63, 3.8) is 0 Å². The predicted molar refractivity (Wildman–Crippen MR) is 90.5 cm³/mol. The fourth-order valence-corrected chi connectivity index (χ4v) is 2.47. The summed E-state index contributed by atoms with van der Waals surface area (Å²) in [4.78, 5) is 2.21. The first kappa shape index (κ1) is 18.8. The van der Waals surface area contributed by atoms with Gasteiger partial charge in [-0.3, -0.25) is 4.90 Å². The molecule has 1 atom stereocenters. The molecule has 1 heterocycles. The largest absolute Gasteiger partial charge is 0.463 e. The van der Waals surface area contributed by atoms with Crippen molar-refractivity contribution in [2.45, 2.75) is 18.7 Å². The maximum absolute atomic E-state index is 5.91. The zero-order chi connectivity index (χ0) is 14.1. The Balaban J connectivity index is 0.00000361. The maximum atomic E-state index is 5.91. The molecular weight excluding hydrogens is 268 g/mol. The summed E-state index contributed by atoms with van der Waals surface area (Å²) in [5.41, 5.74) is 0. The fraction of sp³-hybridized carbons (Fsp3) is 0.375. The van der Waals surface area contributed by atoms with Gasteiger partial charge in [0.05, 0.1) is 11.8 Å². The molecule has 0 radical (unpaired) electrons. The zero-order valence-electron chi connectivity index (χ0n) is 12.4. The molecule has 1 aromatic heterocycles. The molecule has 0 aliphatic carbocycles. The van der Waals surface area contributed by atoms with Crippen molar-refractivity contribution in [2.75, 3.05) is 18.8 Å². The average molecular weight is 294 g/mol. The lowest BCUT2D eigenvalue weighted by Crippen LogP contribution is -2.27. The van der Waals surface area contributed by atoms with Crippen LogP contribution in [-0.2, 0) is 5.75 Å². The Kier molecular flexibility index (Phi) is 9.90. The summed E-state index contributed by atoms with van der Waals surface area (Å²) in [6.45, 7) is 15.2. The molecule has 0 aliphatic heterocycles. The smallest absolute Gasteiger partial charge is 0.125 e. The molecule has 4 heteroatoms. The lowest BCUT2D eigenvalue weighted by atomic mass is 10.2. The van der Waals surface area contributed by atoms with Gasteiger partial charge in [-0.2, -0.15) is 11.8 Å². The molecule has 0 aliphatic rings. The molecular formula is C16H26N2OS. The van der Waals surface area contributed by atoms with Crippen LogP contribution < -0.4 is 6.15 Å². The average Bonchev–Trinajstić information content (AvgIpc) is 2.86. The van der Waals surface area contributed by atoms with Gasteiger partial charge in [-0.25, -0.2) is 0 Å². The van der Waals surface area contributed by atoms with Gasteiger partial charge in [0.15, 0.2) is 0 Å². The molecule has 0 amide bonds. The van der Waals surface area contributed by atoms with Crippen molar-refractivity contribution in [3.8, 4) is 0 Å². The van der Waals surface area contributed by atoms with Gasteiger partial charge >= 0.3 is 0 Å². The molecule has 3 N–H and O–H groups in total. The number of thioether (sulfide) groups is 1. The first-order chi connectivity index (χ1) is 9.26. The van der Waals surface area contributed by atoms with E-state index in [1.807, 2.05) is 36.1 Å². The van der Waals surface area contributed by atoms with Crippen LogP contribution in [0.1, 0.15) is 24.5 Å². The third-order valence-electron chi connectivity index (χ3n) is 2.77. The third-order valence-corrected chi connectivity index (χ3v) is 3.66. The van der Waals surface area contributed by atoms with Gasteiger partial charge in [0.25, 0.3) is 0 Å². The van der Waals surface area contributed by atoms with Crippen molar-refractivity contribution in [1.82, 2.24) is 11.1 Å². The topological polar surface area (TPSA) is 51.4 Å². The molecule has 0 fully saturated rings. The van der Waals surface area contributed by atoms with Gasteiger partial charge in [-0.05, 0) is 17.9 Å².